The predicted octanol–water partition coefficient (Wildman–Crippen LogP) is 5.17. The summed E-state index contributed by atoms with van der Waals surface area (Å²) >= 11 is 0. The Kier molecular flexibility index (Phi) is 10.8. The minimum Gasteiger partial charge on any atom is -0.462 e. The van der Waals surface area contributed by atoms with Gasteiger partial charge in [-0.1, -0.05) is 28.9 Å². The first kappa shape index (κ1) is 18.7. The van der Waals surface area contributed by atoms with Crippen LogP contribution in [0.4, 0.5) is 0 Å². The summed E-state index contributed by atoms with van der Waals surface area (Å²) < 4.78 is 4.88. The van der Waals surface area contributed by atoms with Gasteiger partial charge in [-0.05, 0) is 65.9 Å². The van der Waals surface area contributed by atoms with Gasteiger partial charge in [0.1, 0.15) is 6.61 Å². The van der Waals surface area contributed by atoms with Gasteiger partial charge >= 0.3 is 5.97 Å². The van der Waals surface area contributed by atoms with Crippen LogP contribution in [0.5, 0.6) is 0 Å². The Balaban J connectivity index is 3.89. The molecule has 0 heterocycles. The molecule has 113 valence electrons. The van der Waals surface area contributed by atoms with E-state index in [1.807, 2.05) is 6.08 Å². The van der Waals surface area contributed by atoms with E-state index in [4.69, 9.17) is 4.74 Å². The number of allylic oxidation sites excluding steroid dienone is 5. The van der Waals surface area contributed by atoms with Gasteiger partial charge in [0.25, 0.3) is 0 Å². The van der Waals surface area contributed by atoms with E-state index in [1.54, 1.807) is 0 Å². The second kappa shape index (κ2) is 11.5. The van der Waals surface area contributed by atoms with E-state index in [1.165, 1.54) is 23.6 Å². The quantitative estimate of drug-likeness (QED) is 0.429. The summed E-state index contributed by atoms with van der Waals surface area (Å²) in [6, 6.07) is 0. The summed E-state index contributed by atoms with van der Waals surface area (Å²) in [5.41, 5.74) is 4.07. The lowest BCUT2D eigenvalue weighted by atomic mass is 10.1. The topological polar surface area (TPSA) is 26.3 Å². The molecule has 2 nitrogen and oxygen atoms in total. The van der Waals surface area contributed by atoms with E-state index in [0.717, 1.165) is 32.1 Å². The molecule has 0 aliphatic rings. The number of carbonyl (C=O) groups is 1. The van der Waals surface area contributed by atoms with Crippen LogP contribution in [0.3, 0.4) is 0 Å². The van der Waals surface area contributed by atoms with Crippen LogP contribution in [0.2, 0.25) is 0 Å². The first-order chi connectivity index (χ1) is 9.45. The summed E-state index contributed by atoms with van der Waals surface area (Å²) in [5.74, 6) is -0.226. The van der Waals surface area contributed by atoms with E-state index in [0.29, 0.717) is 6.61 Å². The number of hydrogen-bond donors (Lipinski definition) is 0. The predicted molar refractivity (Wildman–Crippen MR) is 86.3 cm³/mol. The number of hydrogen-bond acceptors (Lipinski definition) is 2. The lowest BCUT2D eigenvalue weighted by molar-refractivity contribution is -0.139. The normalized spacial score (nSPS) is 13.6. The molecule has 20 heavy (non-hydrogen) atoms. The maximum Gasteiger partial charge on any atom is 0.302 e. The summed E-state index contributed by atoms with van der Waals surface area (Å²) in [4.78, 5) is 10.6. The molecular formula is C18H29O2. The third-order valence-corrected chi connectivity index (χ3v) is 3.18. The van der Waals surface area contributed by atoms with E-state index in [2.05, 4.69) is 39.8 Å². The molecule has 0 aliphatic carbocycles. The van der Waals surface area contributed by atoms with Crippen molar-refractivity contribution < 1.29 is 9.53 Å². The van der Waals surface area contributed by atoms with Crippen molar-refractivity contribution in [3.05, 3.63) is 41.9 Å². The van der Waals surface area contributed by atoms with Crippen molar-refractivity contribution in [2.24, 2.45) is 0 Å². The Hall–Kier alpha value is -1.31. The first-order valence-corrected chi connectivity index (χ1v) is 7.35. The zero-order chi connectivity index (χ0) is 15.4. The Morgan fingerprint density at radius 1 is 0.900 bits per heavy atom. The first-order valence-electron chi connectivity index (χ1n) is 7.35. The number of rotatable bonds is 9. The highest BCUT2D eigenvalue weighted by Crippen LogP contribution is 2.11. The van der Waals surface area contributed by atoms with Gasteiger partial charge in [-0.15, -0.1) is 0 Å². The van der Waals surface area contributed by atoms with Crippen LogP contribution in [-0.4, -0.2) is 12.6 Å². The largest absolute Gasteiger partial charge is 0.462 e. The summed E-state index contributed by atoms with van der Waals surface area (Å²) in [6.07, 6.45) is 11.7. The Morgan fingerprint density at radius 3 is 1.90 bits per heavy atom. The van der Waals surface area contributed by atoms with E-state index >= 15 is 0 Å². The minimum atomic E-state index is -0.226. The second-order valence-corrected chi connectivity index (χ2v) is 5.28. The molecule has 0 spiro atoms. The Labute approximate surface area is 124 Å². The lowest BCUT2D eigenvalue weighted by Crippen LogP contribution is -1.98. The highest BCUT2D eigenvalue weighted by Gasteiger charge is 1.93. The Morgan fingerprint density at radius 2 is 1.40 bits per heavy atom. The molecule has 0 atom stereocenters. The SMILES string of the molecule is [CH2]C/C(C)=C/CC/C(C)=C/CC/C(C)=C/COC(C)=O. The van der Waals surface area contributed by atoms with Crippen LogP contribution in [0.25, 0.3) is 0 Å². The molecule has 0 rings (SSSR count). The van der Waals surface area contributed by atoms with Gasteiger partial charge in [-0.25, -0.2) is 0 Å². The molecule has 0 aliphatic heterocycles. The van der Waals surface area contributed by atoms with Crippen LogP contribution in [0.1, 0.15) is 59.8 Å². The molecule has 2 heteroatoms. The highest BCUT2D eigenvalue weighted by molar-refractivity contribution is 5.66. The maximum absolute atomic E-state index is 10.6. The molecule has 0 aromatic carbocycles. The van der Waals surface area contributed by atoms with Crippen molar-refractivity contribution in [1.29, 1.82) is 0 Å². The smallest absolute Gasteiger partial charge is 0.302 e. The van der Waals surface area contributed by atoms with Crippen molar-refractivity contribution in [3.63, 3.8) is 0 Å². The minimum absolute atomic E-state index is 0.226. The van der Waals surface area contributed by atoms with Gasteiger partial charge in [-0.3, -0.25) is 4.79 Å². The molecule has 0 saturated carbocycles. The molecule has 0 unspecified atom stereocenters. The fraction of sp³-hybridized carbons (Fsp3) is 0.556. The van der Waals surface area contributed by atoms with Crippen molar-refractivity contribution in [3.8, 4) is 0 Å². The summed E-state index contributed by atoms with van der Waals surface area (Å²) in [5, 5.41) is 0. The van der Waals surface area contributed by atoms with Crippen LogP contribution in [-0.2, 0) is 9.53 Å². The molecule has 0 bridgehead atoms. The molecule has 0 fully saturated rings. The molecule has 1 radical (unpaired) electrons. The third kappa shape index (κ3) is 11.8. The molecule has 0 amide bonds. The number of carbonyl (C=O) groups excluding carboxylic acids is 1. The van der Waals surface area contributed by atoms with Gasteiger partial charge in [0.05, 0.1) is 0 Å². The van der Waals surface area contributed by atoms with E-state index in [9.17, 15) is 4.79 Å². The molecular weight excluding hydrogens is 248 g/mol. The standard InChI is InChI=1S/C18H29O2/c1-6-15(2)9-7-10-16(3)11-8-12-17(4)13-14-20-18(5)19/h9,11,13H,1,6-8,10,12,14H2,2-5H3/b15-9+,16-11+,17-13+. The summed E-state index contributed by atoms with van der Waals surface area (Å²) in [6.45, 7) is 12.1. The monoisotopic (exact) mass is 277 g/mol. The second-order valence-electron chi connectivity index (χ2n) is 5.28. The maximum atomic E-state index is 10.6. The zero-order valence-corrected chi connectivity index (χ0v) is 13.5. The van der Waals surface area contributed by atoms with Crippen molar-refractivity contribution >= 4 is 5.97 Å². The number of ether oxygens (including phenoxy) is 1. The van der Waals surface area contributed by atoms with Gasteiger partial charge in [0, 0.05) is 6.92 Å². The van der Waals surface area contributed by atoms with Crippen molar-refractivity contribution in [1.82, 2.24) is 0 Å². The summed E-state index contributed by atoms with van der Waals surface area (Å²) in [7, 11) is 0. The third-order valence-electron chi connectivity index (χ3n) is 3.18. The zero-order valence-electron chi connectivity index (χ0n) is 13.5. The van der Waals surface area contributed by atoms with Crippen LogP contribution in [0.15, 0.2) is 34.9 Å². The molecule has 0 N–H and O–H groups in total. The van der Waals surface area contributed by atoms with Gasteiger partial charge in [0.15, 0.2) is 0 Å². The van der Waals surface area contributed by atoms with Crippen LogP contribution >= 0.6 is 0 Å². The number of esters is 1. The lowest BCUT2D eigenvalue weighted by Gasteiger charge is -2.02. The molecule has 0 aromatic rings. The van der Waals surface area contributed by atoms with E-state index < -0.39 is 0 Å². The van der Waals surface area contributed by atoms with Gasteiger partial charge in [-0.2, -0.15) is 0 Å². The fourth-order valence-corrected chi connectivity index (χ4v) is 1.70. The average molecular weight is 277 g/mol. The fourth-order valence-electron chi connectivity index (χ4n) is 1.70. The average Bonchev–Trinajstić information content (AvgIpc) is 2.38. The molecule has 0 aromatic heterocycles. The van der Waals surface area contributed by atoms with Crippen LogP contribution < -0.4 is 0 Å². The van der Waals surface area contributed by atoms with Gasteiger partial charge in [0.2, 0.25) is 0 Å². The van der Waals surface area contributed by atoms with Crippen LogP contribution in [0, 0.1) is 6.92 Å². The van der Waals surface area contributed by atoms with Gasteiger partial charge < -0.3 is 4.74 Å². The van der Waals surface area contributed by atoms with Crippen molar-refractivity contribution in [2.45, 2.75) is 59.8 Å². The molecule has 0 saturated heterocycles. The highest BCUT2D eigenvalue weighted by atomic mass is 16.5. The Bertz CT molecular complexity index is 373. The van der Waals surface area contributed by atoms with Crippen molar-refractivity contribution in [2.75, 3.05) is 6.61 Å². The van der Waals surface area contributed by atoms with E-state index in [-0.39, 0.29) is 5.97 Å².